The van der Waals surface area contributed by atoms with E-state index in [0.717, 1.165) is 6.07 Å². The van der Waals surface area contributed by atoms with Crippen LogP contribution in [-0.2, 0) is 12.6 Å². The van der Waals surface area contributed by atoms with Crippen LogP contribution in [0.1, 0.15) is 11.1 Å². The fourth-order valence-electron chi connectivity index (χ4n) is 1.11. The lowest BCUT2D eigenvalue weighted by atomic mass is 10.1. The van der Waals surface area contributed by atoms with Gasteiger partial charge >= 0.3 is 6.18 Å². The highest BCUT2D eigenvalue weighted by Crippen LogP contribution is 2.34. The lowest BCUT2D eigenvalue weighted by molar-refractivity contribution is -0.137. The lowest BCUT2D eigenvalue weighted by Crippen LogP contribution is -2.07. The van der Waals surface area contributed by atoms with Gasteiger partial charge in [0.1, 0.15) is 0 Å². The van der Waals surface area contributed by atoms with Gasteiger partial charge in [0.25, 0.3) is 0 Å². The molecule has 2 N–H and O–H groups in total. The van der Waals surface area contributed by atoms with Crippen LogP contribution in [0.5, 0.6) is 0 Å². The van der Waals surface area contributed by atoms with Crippen LogP contribution in [0.25, 0.3) is 0 Å². The van der Waals surface area contributed by atoms with Crippen molar-refractivity contribution < 1.29 is 13.2 Å². The molecular formula is C9H9ClF3N. The third-order valence-corrected chi connectivity index (χ3v) is 2.08. The van der Waals surface area contributed by atoms with Gasteiger partial charge in [0.05, 0.1) is 10.6 Å². The summed E-state index contributed by atoms with van der Waals surface area (Å²) in [7, 11) is 0. The van der Waals surface area contributed by atoms with Crippen molar-refractivity contribution in [1.82, 2.24) is 0 Å². The van der Waals surface area contributed by atoms with E-state index < -0.39 is 11.7 Å². The zero-order valence-corrected chi connectivity index (χ0v) is 7.99. The summed E-state index contributed by atoms with van der Waals surface area (Å²) < 4.78 is 36.8. The summed E-state index contributed by atoms with van der Waals surface area (Å²) in [6, 6.07) is 3.67. The van der Waals surface area contributed by atoms with Crippen LogP contribution in [0.2, 0.25) is 5.02 Å². The topological polar surface area (TPSA) is 26.0 Å². The standard InChI is InChI=1S/C9H9ClF3N/c10-8-5-6(3-4-14)1-2-7(8)9(11,12)13/h1-2,5H,3-4,14H2. The van der Waals surface area contributed by atoms with Crippen molar-refractivity contribution in [2.45, 2.75) is 12.6 Å². The van der Waals surface area contributed by atoms with E-state index in [1.807, 2.05) is 0 Å². The Morgan fingerprint density at radius 1 is 1.29 bits per heavy atom. The largest absolute Gasteiger partial charge is 0.417 e. The molecule has 5 heteroatoms. The van der Waals surface area contributed by atoms with Gasteiger partial charge in [-0.3, -0.25) is 0 Å². The zero-order chi connectivity index (χ0) is 10.8. The Kier molecular flexibility index (Phi) is 3.39. The molecule has 1 rings (SSSR count). The molecule has 0 radical (unpaired) electrons. The average Bonchev–Trinajstić information content (AvgIpc) is 2.02. The van der Waals surface area contributed by atoms with Crippen LogP contribution < -0.4 is 5.73 Å². The maximum atomic E-state index is 12.3. The number of halogens is 4. The van der Waals surface area contributed by atoms with Crippen LogP contribution in [0.4, 0.5) is 13.2 Å². The Morgan fingerprint density at radius 3 is 2.36 bits per heavy atom. The van der Waals surface area contributed by atoms with Gasteiger partial charge < -0.3 is 5.73 Å². The molecule has 0 unspecified atom stereocenters. The number of hydrogen-bond donors (Lipinski definition) is 1. The molecule has 0 amide bonds. The van der Waals surface area contributed by atoms with Crippen molar-refractivity contribution in [3.05, 3.63) is 34.3 Å². The normalized spacial score (nSPS) is 11.8. The highest BCUT2D eigenvalue weighted by Gasteiger charge is 2.32. The van der Waals surface area contributed by atoms with E-state index in [4.69, 9.17) is 17.3 Å². The Morgan fingerprint density at radius 2 is 1.93 bits per heavy atom. The minimum Gasteiger partial charge on any atom is -0.330 e. The third kappa shape index (κ3) is 2.62. The molecule has 1 aromatic carbocycles. The molecule has 0 aliphatic carbocycles. The van der Waals surface area contributed by atoms with Gasteiger partial charge in [-0.05, 0) is 30.7 Å². The summed E-state index contributed by atoms with van der Waals surface area (Å²) in [6.07, 6.45) is -3.86. The van der Waals surface area contributed by atoms with E-state index in [-0.39, 0.29) is 5.02 Å². The van der Waals surface area contributed by atoms with Crippen LogP contribution in [0.3, 0.4) is 0 Å². The molecule has 0 spiro atoms. The molecule has 0 fully saturated rings. The predicted molar refractivity (Wildman–Crippen MR) is 49.2 cm³/mol. The first-order valence-electron chi connectivity index (χ1n) is 4.01. The Balaban J connectivity index is 3.02. The monoisotopic (exact) mass is 223 g/mol. The molecule has 0 bridgehead atoms. The van der Waals surface area contributed by atoms with Gasteiger partial charge in [-0.15, -0.1) is 0 Å². The van der Waals surface area contributed by atoms with Crippen molar-refractivity contribution in [1.29, 1.82) is 0 Å². The highest BCUT2D eigenvalue weighted by atomic mass is 35.5. The van der Waals surface area contributed by atoms with E-state index in [0.29, 0.717) is 18.5 Å². The summed E-state index contributed by atoms with van der Waals surface area (Å²) in [6.45, 7) is 0.391. The van der Waals surface area contributed by atoms with Gasteiger partial charge in [-0.2, -0.15) is 13.2 Å². The van der Waals surface area contributed by atoms with E-state index in [9.17, 15) is 13.2 Å². The highest BCUT2D eigenvalue weighted by molar-refractivity contribution is 6.31. The van der Waals surface area contributed by atoms with Crippen molar-refractivity contribution in [2.24, 2.45) is 5.73 Å². The average molecular weight is 224 g/mol. The molecule has 78 valence electrons. The molecule has 0 aliphatic heterocycles. The number of hydrogen-bond acceptors (Lipinski definition) is 1. The van der Waals surface area contributed by atoms with E-state index in [1.54, 1.807) is 0 Å². The smallest absolute Gasteiger partial charge is 0.330 e. The molecule has 1 nitrogen and oxygen atoms in total. The molecule has 0 saturated carbocycles. The summed E-state index contributed by atoms with van der Waals surface area (Å²) in [5.74, 6) is 0. The Bertz CT molecular complexity index is 322. The van der Waals surface area contributed by atoms with E-state index in [2.05, 4.69) is 0 Å². The van der Waals surface area contributed by atoms with Crippen molar-refractivity contribution >= 4 is 11.6 Å². The number of nitrogens with two attached hydrogens (primary N) is 1. The summed E-state index contributed by atoms with van der Waals surface area (Å²) in [4.78, 5) is 0. The van der Waals surface area contributed by atoms with Crippen LogP contribution in [0.15, 0.2) is 18.2 Å². The van der Waals surface area contributed by atoms with Gasteiger partial charge in [0.2, 0.25) is 0 Å². The maximum absolute atomic E-state index is 12.3. The Hall–Kier alpha value is -0.740. The van der Waals surface area contributed by atoms with Crippen LogP contribution >= 0.6 is 11.6 Å². The first-order chi connectivity index (χ1) is 6.45. The minimum atomic E-state index is -4.39. The van der Waals surface area contributed by atoms with Crippen molar-refractivity contribution in [3.63, 3.8) is 0 Å². The molecule has 1 aromatic rings. The van der Waals surface area contributed by atoms with E-state index in [1.165, 1.54) is 12.1 Å². The molecule has 0 heterocycles. The van der Waals surface area contributed by atoms with E-state index >= 15 is 0 Å². The molecule has 14 heavy (non-hydrogen) atoms. The van der Waals surface area contributed by atoms with Gasteiger partial charge in [-0.1, -0.05) is 17.7 Å². The Labute approximate surface area is 84.7 Å². The van der Waals surface area contributed by atoms with Gasteiger partial charge in [0, 0.05) is 0 Å². The molecule has 0 aliphatic rings. The fourth-order valence-corrected chi connectivity index (χ4v) is 1.42. The van der Waals surface area contributed by atoms with Crippen LogP contribution in [0, 0.1) is 0 Å². The first-order valence-corrected chi connectivity index (χ1v) is 4.38. The fraction of sp³-hybridized carbons (Fsp3) is 0.333. The van der Waals surface area contributed by atoms with Crippen molar-refractivity contribution in [3.8, 4) is 0 Å². The van der Waals surface area contributed by atoms with Gasteiger partial charge in [0.15, 0.2) is 0 Å². The predicted octanol–water partition coefficient (Wildman–Crippen LogP) is 2.86. The molecule has 0 saturated heterocycles. The molecular weight excluding hydrogens is 215 g/mol. The van der Waals surface area contributed by atoms with Gasteiger partial charge in [-0.25, -0.2) is 0 Å². The van der Waals surface area contributed by atoms with Crippen LogP contribution in [-0.4, -0.2) is 6.54 Å². The van der Waals surface area contributed by atoms with Crippen molar-refractivity contribution in [2.75, 3.05) is 6.54 Å². The second kappa shape index (κ2) is 4.19. The zero-order valence-electron chi connectivity index (χ0n) is 7.24. The number of alkyl halides is 3. The maximum Gasteiger partial charge on any atom is 0.417 e. The number of benzene rings is 1. The second-order valence-electron chi connectivity index (χ2n) is 2.85. The molecule has 0 aromatic heterocycles. The summed E-state index contributed by atoms with van der Waals surface area (Å²) >= 11 is 5.49. The summed E-state index contributed by atoms with van der Waals surface area (Å²) in [5, 5.41) is -0.275. The second-order valence-corrected chi connectivity index (χ2v) is 3.26. The third-order valence-electron chi connectivity index (χ3n) is 1.77. The first kappa shape index (κ1) is 11.3. The SMILES string of the molecule is NCCc1ccc(C(F)(F)F)c(Cl)c1. The summed E-state index contributed by atoms with van der Waals surface area (Å²) in [5.41, 5.74) is 5.18. The minimum absolute atomic E-state index is 0.275. The molecule has 0 atom stereocenters. The lowest BCUT2D eigenvalue weighted by Gasteiger charge is -2.09. The quantitative estimate of drug-likeness (QED) is 0.820. The number of rotatable bonds is 2.